The van der Waals surface area contributed by atoms with E-state index < -0.39 is 0 Å². The third kappa shape index (κ3) is 3.25. The van der Waals surface area contributed by atoms with Gasteiger partial charge < -0.3 is 17.7 Å². The standard InChI is InChI=1S/C10H15N3.ClH/c1-2-4-12-10(3-1)9-13-7-5-11-6-8-13;/h1-4,11H,5-9H2;1H/p-1. The minimum absolute atomic E-state index is 0. The van der Waals surface area contributed by atoms with E-state index in [4.69, 9.17) is 0 Å². The van der Waals surface area contributed by atoms with E-state index in [9.17, 15) is 0 Å². The molecule has 1 fully saturated rings. The van der Waals surface area contributed by atoms with Crippen LogP contribution in [0.2, 0.25) is 0 Å². The highest BCUT2D eigenvalue weighted by Crippen LogP contribution is 2.01. The first kappa shape index (κ1) is 11.4. The van der Waals surface area contributed by atoms with Crippen molar-refractivity contribution in [2.45, 2.75) is 6.54 Å². The first-order chi connectivity index (χ1) is 6.45. The average molecular weight is 213 g/mol. The summed E-state index contributed by atoms with van der Waals surface area (Å²) in [6, 6.07) is 6.09. The smallest absolute Gasteiger partial charge is 0.0543 e. The number of nitrogens with one attached hydrogen (secondary N) is 1. The number of pyridine rings is 1. The lowest BCUT2D eigenvalue weighted by atomic mass is 10.3. The summed E-state index contributed by atoms with van der Waals surface area (Å²) < 4.78 is 0. The molecule has 1 aliphatic rings. The van der Waals surface area contributed by atoms with Crippen molar-refractivity contribution in [3.05, 3.63) is 30.1 Å². The molecule has 3 nitrogen and oxygen atoms in total. The topological polar surface area (TPSA) is 28.2 Å². The third-order valence-electron chi connectivity index (χ3n) is 2.32. The van der Waals surface area contributed by atoms with Crippen LogP contribution in [0.1, 0.15) is 5.69 Å². The van der Waals surface area contributed by atoms with Crippen LogP contribution in [0.25, 0.3) is 0 Å². The maximum Gasteiger partial charge on any atom is 0.0543 e. The summed E-state index contributed by atoms with van der Waals surface area (Å²) in [7, 11) is 0. The molecule has 0 atom stereocenters. The lowest BCUT2D eigenvalue weighted by molar-refractivity contribution is -0.00000283. The molecule has 0 saturated carbocycles. The predicted molar refractivity (Wildman–Crippen MR) is 52.4 cm³/mol. The average Bonchev–Trinajstić information content (AvgIpc) is 2.21. The van der Waals surface area contributed by atoms with Crippen LogP contribution in [0.3, 0.4) is 0 Å². The zero-order valence-corrected chi connectivity index (χ0v) is 8.87. The van der Waals surface area contributed by atoms with Gasteiger partial charge in [-0.3, -0.25) is 9.88 Å². The summed E-state index contributed by atoms with van der Waals surface area (Å²) in [6.07, 6.45) is 1.86. The quantitative estimate of drug-likeness (QED) is 0.587. The number of halogens is 1. The van der Waals surface area contributed by atoms with Gasteiger partial charge in [0.15, 0.2) is 0 Å². The lowest BCUT2D eigenvalue weighted by Crippen LogP contribution is -3.00. The molecule has 1 aliphatic heterocycles. The largest absolute Gasteiger partial charge is 1.00 e. The van der Waals surface area contributed by atoms with Crippen molar-refractivity contribution in [3.8, 4) is 0 Å². The van der Waals surface area contributed by atoms with E-state index in [0.717, 1.165) is 32.7 Å². The molecule has 0 unspecified atom stereocenters. The molecule has 4 heteroatoms. The highest BCUT2D eigenvalue weighted by molar-refractivity contribution is 5.03. The number of hydrogen-bond acceptors (Lipinski definition) is 3. The minimum Gasteiger partial charge on any atom is -1.00 e. The Morgan fingerprint density at radius 3 is 2.71 bits per heavy atom. The normalized spacial score (nSPS) is 17.4. The fraction of sp³-hybridized carbons (Fsp3) is 0.500. The minimum atomic E-state index is 0. The predicted octanol–water partition coefficient (Wildman–Crippen LogP) is -2.51. The van der Waals surface area contributed by atoms with Gasteiger partial charge in [0, 0.05) is 38.9 Å². The fourth-order valence-electron chi connectivity index (χ4n) is 1.59. The number of nitrogens with zero attached hydrogens (tertiary/aromatic N) is 2. The van der Waals surface area contributed by atoms with Crippen LogP contribution < -0.4 is 17.7 Å². The summed E-state index contributed by atoms with van der Waals surface area (Å²) in [5.74, 6) is 0. The molecule has 2 heterocycles. The molecule has 1 N–H and O–H groups in total. The van der Waals surface area contributed by atoms with Crippen LogP contribution in [0.4, 0.5) is 0 Å². The summed E-state index contributed by atoms with van der Waals surface area (Å²) in [4.78, 5) is 6.74. The Morgan fingerprint density at radius 1 is 1.29 bits per heavy atom. The van der Waals surface area contributed by atoms with Crippen molar-refractivity contribution in [1.29, 1.82) is 0 Å². The van der Waals surface area contributed by atoms with E-state index in [0.29, 0.717) is 0 Å². The zero-order valence-electron chi connectivity index (χ0n) is 8.12. The molecule has 78 valence electrons. The molecule has 14 heavy (non-hydrogen) atoms. The maximum absolute atomic E-state index is 4.31. The van der Waals surface area contributed by atoms with Crippen LogP contribution in [-0.4, -0.2) is 36.1 Å². The van der Waals surface area contributed by atoms with E-state index in [2.05, 4.69) is 21.3 Å². The van der Waals surface area contributed by atoms with Gasteiger partial charge in [-0.15, -0.1) is 0 Å². The molecule has 2 rings (SSSR count). The van der Waals surface area contributed by atoms with Gasteiger partial charge in [0.25, 0.3) is 0 Å². The van der Waals surface area contributed by atoms with Gasteiger partial charge in [-0.1, -0.05) is 6.07 Å². The van der Waals surface area contributed by atoms with Crippen molar-refractivity contribution in [2.24, 2.45) is 0 Å². The van der Waals surface area contributed by atoms with Gasteiger partial charge in [-0.2, -0.15) is 0 Å². The molecule has 0 bridgehead atoms. The Morgan fingerprint density at radius 2 is 2.07 bits per heavy atom. The van der Waals surface area contributed by atoms with Gasteiger partial charge in [0.05, 0.1) is 5.69 Å². The van der Waals surface area contributed by atoms with E-state index >= 15 is 0 Å². The van der Waals surface area contributed by atoms with E-state index in [1.165, 1.54) is 5.69 Å². The number of hydrogen-bond donors (Lipinski definition) is 1. The molecule has 0 radical (unpaired) electrons. The van der Waals surface area contributed by atoms with Crippen LogP contribution in [0.5, 0.6) is 0 Å². The molecule has 0 spiro atoms. The maximum atomic E-state index is 4.31. The van der Waals surface area contributed by atoms with Crippen LogP contribution in [0.15, 0.2) is 24.4 Å². The molecule has 1 aromatic rings. The molecule has 0 amide bonds. The first-order valence-electron chi connectivity index (χ1n) is 4.78. The van der Waals surface area contributed by atoms with Gasteiger partial charge in [0.1, 0.15) is 0 Å². The second-order valence-corrected chi connectivity index (χ2v) is 3.35. The SMILES string of the molecule is [Cl-].c1ccc(CN2CCNCC2)nc1. The Labute approximate surface area is 90.9 Å². The molecule has 0 aromatic carbocycles. The second-order valence-electron chi connectivity index (χ2n) is 3.35. The second kappa shape index (κ2) is 5.96. The Kier molecular flexibility index (Phi) is 4.87. The van der Waals surface area contributed by atoms with Crippen LogP contribution in [-0.2, 0) is 6.54 Å². The Balaban J connectivity index is 0.000000980. The summed E-state index contributed by atoms with van der Waals surface area (Å²) in [6.45, 7) is 5.47. The highest BCUT2D eigenvalue weighted by atomic mass is 35.5. The van der Waals surface area contributed by atoms with Crippen LogP contribution in [0, 0.1) is 0 Å². The molecule has 1 aromatic heterocycles. The molecule has 1 saturated heterocycles. The van der Waals surface area contributed by atoms with E-state index in [1.807, 2.05) is 18.3 Å². The van der Waals surface area contributed by atoms with Crippen molar-refractivity contribution in [3.63, 3.8) is 0 Å². The number of piperazine rings is 1. The van der Waals surface area contributed by atoms with Gasteiger partial charge >= 0.3 is 0 Å². The lowest BCUT2D eigenvalue weighted by Gasteiger charge is -2.26. The first-order valence-corrected chi connectivity index (χ1v) is 4.78. The summed E-state index contributed by atoms with van der Waals surface area (Å²) in [5.41, 5.74) is 1.17. The third-order valence-corrected chi connectivity index (χ3v) is 2.32. The van der Waals surface area contributed by atoms with E-state index in [-0.39, 0.29) is 12.4 Å². The van der Waals surface area contributed by atoms with Crippen molar-refractivity contribution in [1.82, 2.24) is 15.2 Å². The van der Waals surface area contributed by atoms with Crippen LogP contribution >= 0.6 is 0 Å². The van der Waals surface area contributed by atoms with E-state index in [1.54, 1.807) is 0 Å². The number of rotatable bonds is 2. The van der Waals surface area contributed by atoms with Gasteiger partial charge in [0.2, 0.25) is 0 Å². The monoisotopic (exact) mass is 212 g/mol. The fourth-order valence-corrected chi connectivity index (χ4v) is 1.59. The van der Waals surface area contributed by atoms with Crippen molar-refractivity contribution >= 4 is 0 Å². The zero-order chi connectivity index (χ0) is 8.93. The summed E-state index contributed by atoms with van der Waals surface area (Å²) in [5, 5.41) is 3.34. The molecule has 0 aliphatic carbocycles. The Hall–Kier alpha value is -0.640. The van der Waals surface area contributed by atoms with Gasteiger partial charge in [-0.05, 0) is 12.1 Å². The number of aromatic nitrogens is 1. The van der Waals surface area contributed by atoms with Gasteiger partial charge in [-0.25, -0.2) is 0 Å². The van der Waals surface area contributed by atoms with Crippen molar-refractivity contribution < 1.29 is 12.4 Å². The summed E-state index contributed by atoms with van der Waals surface area (Å²) >= 11 is 0. The molecular formula is C10H15ClN3-. The van der Waals surface area contributed by atoms with Crippen molar-refractivity contribution in [2.75, 3.05) is 26.2 Å². The molecular weight excluding hydrogens is 198 g/mol. The Bertz CT molecular complexity index is 247. The highest BCUT2D eigenvalue weighted by Gasteiger charge is 2.09.